The summed E-state index contributed by atoms with van der Waals surface area (Å²) in [6.07, 6.45) is 1.60. The van der Waals surface area contributed by atoms with E-state index < -0.39 is 11.6 Å². The summed E-state index contributed by atoms with van der Waals surface area (Å²) in [6, 6.07) is 8.40. The molecule has 134 valence electrons. The molecule has 2 aromatic rings. The summed E-state index contributed by atoms with van der Waals surface area (Å²) in [5.74, 6) is 0.902. The highest BCUT2D eigenvalue weighted by atomic mass is 79.9. The average molecular weight is 418 g/mol. The van der Waals surface area contributed by atoms with Gasteiger partial charge in [0.05, 0.1) is 12.2 Å². The van der Waals surface area contributed by atoms with Crippen LogP contribution in [-0.4, -0.2) is 35.0 Å². The predicted molar refractivity (Wildman–Crippen MR) is 95.8 cm³/mol. The maximum Gasteiger partial charge on any atom is 0.325 e. The van der Waals surface area contributed by atoms with Crippen molar-refractivity contribution in [2.45, 2.75) is 19.0 Å². The van der Waals surface area contributed by atoms with Crippen molar-refractivity contribution >= 4 is 27.9 Å². The van der Waals surface area contributed by atoms with Gasteiger partial charge in [-0.2, -0.15) is 0 Å². The van der Waals surface area contributed by atoms with Crippen LogP contribution in [0.25, 0.3) is 0 Å². The molecule has 0 aliphatic carbocycles. The molecule has 1 N–H and O–H groups in total. The van der Waals surface area contributed by atoms with Gasteiger partial charge >= 0.3 is 6.03 Å². The zero-order chi connectivity index (χ0) is 18.3. The Morgan fingerprint density at radius 3 is 2.65 bits per heavy atom. The molecule has 1 aromatic carbocycles. The zero-order valence-electron chi connectivity index (χ0n) is 14.0. The van der Waals surface area contributed by atoms with Crippen LogP contribution in [0, 0.1) is 0 Å². The lowest BCUT2D eigenvalue weighted by atomic mass is 9.97. The number of ether oxygens (including phenoxy) is 2. The van der Waals surface area contributed by atoms with Crippen molar-refractivity contribution in [3.63, 3.8) is 0 Å². The van der Waals surface area contributed by atoms with E-state index in [0.717, 1.165) is 10.0 Å². The van der Waals surface area contributed by atoms with Crippen LogP contribution in [0.2, 0.25) is 0 Å². The number of amides is 3. The minimum Gasteiger partial charge on any atom is -0.486 e. The van der Waals surface area contributed by atoms with Crippen molar-refractivity contribution in [1.82, 2.24) is 15.2 Å². The second kappa shape index (κ2) is 6.28. The Hall–Kier alpha value is -2.61. The van der Waals surface area contributed by atoms with Crippen LogP contribution in [0.4, 0.5) is 4.79 Å². The van der Waals surface area contributed by atoms with E-state index in [1.54, 1.807) is 43.5 Å². The minimum absolute atomic E-state index is 0.115. The van der Waals surface area contributed by atoms with Crippen LogP contribution in [0.3, 0.4) is 0 Å². The first kappa shape index (κ1) is 16.8. The number of carbonyl (C=O) groups is 2. The van der Waals surface area contributed by atoms with Gasteiger partial charge in [-0.15, -0.1) is 0 Å². The van der Waals surface area contributed by atoms with E-state index in [2.05, 4.69) is 26.2 Å². The predicted octanol–water partition coefficient (Wildman–Crippen LogP) is 2.58. The number of urea groups is 1. The summed E-state index contributed by atoms with van der Waals surface area (Å²) in [7, 11) is 0. The number of aromatic nitrogens is 1. The number of rotatable bonds is 3. The number of fused-ring (bicyclic) bond motifs is 1. The largest absolute Gasteiger partial charge is 0.486 e. The van der Waals surface area contributed by atoms with Gasteiger partial charge in [-0.1, -0.05) is 22.0 Å². The molecule has 1 atom stereocenters. The highest BCUT2D eigenvalue weighted by molar-refractivity contribution is 9.10. The standard InChI is InChI=1S/C18H16BrN3O4/c1-18(15-4-2-3-5-20-15)16(23)22(17(24)21-18)10-11-8-13-14(9-12(11)19)26-7-6-25-13/h2-5,8-9H,6-7,10H2,1H3,(H,21,24). The van der Waals surface area contributed by atoms with E-state index in [1.807, 2.05) is 0 Å². The quantitative estimate of drug-likeness (QED) is 0.776. The fourth-order valence-corrected chi connectivity index (χ4v) is 3.52. The number of hydrogen-bond donors (Lipinski definition) is 1. The first-order valence-electron chi connectivity index (χ1n) is 8.13. The molecule has 0 bridgehead atoms. The van der Waals surface area contributed by atoms with E-state index in [0.29, 0.717) is 30.4 Å². The SMILES string of the molecule is CC1(c2ccccn2)NC(=O)N(Cc2cc3c(cc2Br)OCCO3)C1=O. The van der Waals surface area contributed by atoms with E-state index in [1.165, 1.54) is 4.90 Å². The van der Waals surface area contributed by atoms with Crippen LogP contribution >= 0.6 is 15.9 Å². The highest BCUT2D eigenvalue weighted by Crippen LogP contribution is 2.37. The molecular formula is C18H16BrN3O4. The maximum atomic E-state index is 13.0. The van der Waals surface area contributed by atoms with Crippen LogP contribution in [-0.2, 0) is 16.9 Å². The summed E-state index contributed by atoms with van der Waals surface area (Å²) in [5.41, 5.74) is 0.0728. The summed E-state index contributed by atoms with van der Waals surface area (Å²) >= 11 is 3.48. The molecule has 26 heavy (non-hydrogen) atoms. The number of nitrogens with one attached hydrogen (secondary N) is 1. The first-order valence-corrected chi connectivity index (χ1v) is 8.92. The normalized spacial score (nSPS) is 21.7. The molecule has 1 aromatic heterocycles. The smallest absolute Gasteiger partial charge is 0.325 e. The number of halogens is 1. The number of carbonyl (C=O) groups excluding carboxylic acids is 2. The minimum atomic E-state index is -1.18. The van der Waals surface area contributed by atoms with Crippen LogP contribution < -0.4 is 14.8 Å². The number of nitrogens with zero attached hydrogens (tertiary/aromatic N) is 2. The molecule has 0 radical (unpaired) electrons. The summed E-state index contributed by atoms with van der Waals surface area (Å²) in [6.45, 7) is 2.74. The van der Waals surface area contributed by atoms with Crippen molar-refractivity contribution < 1.29 is 19.1 Å². The molecule has 7 nitrogen and oxygen atoms in total. The molecule has 0 spiro atoms. The fourth-order valence-electron chi connectivity index (χ4n) is 3.07. The molecular weight excluding hydrogens is 402 g/mol. The van der Waals surface area contributed by atoms with E-state index in [4.69, 9.17) is 9.47 Å². The number of benzene rings is 1. The molecule has 3 amide bonds. The molecule has 0 saturated carbocycles. The van der Waals surface area contributed by atoms with Gasteiger partial charge in [0.2, 0.25) is 0 Å². The van der Waals surface area contributed by atoms with Gasteiger partial charge < -0.3 is 14.8 Å². The molecule has 1 unspecified atom stereocenters. The van der Waals surface area contributed by atoms with E-state index in [9.17, 15) is 9.59 Å². The van der Waals surface area contributed by atoms with Gasteiger partial charge in [0.1, 0.15) is 13.2 Å². The van der Waals surface area contributed by atoms with Gasteiger partial charge in [-0.3, -0.25) is 14.7 Å². The van der Waals surface area contributed by atoms with E-state index >= 15 is 0 Å². The molecule has 2 aliphatic heterocycles. The van der Waals surface area contributed by atoms with Crippen molar-refractivity contribution in [3.8, 4) is 11.5 Å². The second-order valence-electron chi connectivity index (χ2n) is 6.25. The fraction of sp³-hybridized carbons (Fsp3) is 0.278. The summed E-state index contributed by atoms with van der Waals surface area (Å²) < 4.78 is 11.9. The van der Waals surface area contributed by atoms with Crippen molar-refractivity contribution in [1.29, 1.82) is 0 Å². The second-order valence-corrected chi connectivity index (χ2v) is 7.10. The average Bonchev–Trinajstić information content (AvgIpc) is 2.87. The molecule has 8 heteroatoms. The number of hydrogen-bond acceptors (Lipinski definition) is 5. The van der Waals surface area contributed by atoms with Crippen LogP contribution in [0.1, 0.15) is 18.2 Å². The lowest BCUT2D eigenvalue weighted by molar-refractivity contribution is -0.131. The summed E-state index contributed by atoms with van der Waals surface area (Å²) in [5, 5.41) is 2.75. The lowest BCUT2D eigenvalue weighted by Crippen LogP contribution is -2.41. The van der Waals surface area contributed by atoms with Gasteiger partial charge in [0.25, 0.3) is 5.91 Å². The van der Waals surface area contributed by atoms with Crippen LogP contribution in [0.5, 0.6) is 11.5 Å². The Morgan fingerprint density at radius 1 is 1.23 bits per heavy atom. The van der Waals surface area contributed by atoms with E-state index in [-0.39, 0.29) is 12.5 Å². The van der Waals surface area contributed by atoms with Gasteiger partial charge in [0.15, 0.2) is 17.0 Å². The third-order valence-corrected chi connectivity index (χ3v) is 5.23. The molecule has 1 saturated heterocycles. The Morgan fingerprint density at radius 2 is 1.96 bits per heavy atom. The Balaban J connectivity index is 1.63. The van der Waals surface area contributed by atoms with Crippen molar-refractivity contribution in [2.24, 2.45) is 0 Å². The van der Waals surface area contributed by atoms with Crippen molar-refractivity contribution in [3.05, 3.63) is 52.3 Å². The lowest BCUT2D eigenvalue weighted by Gasteiger charge is -2.22. The first-order chi connectivity index (χ1) is 12.5. The van der Waals surface area contributed by atoms with Crippen molar-refractivity contribution in [2.75, 3.05) is 13.2 Å². The Bertz CT molecular complexity index is 890. The monoisotopic (exact) mass is 417 g/mol. The zero-order valence-corrected chi connectivity index (χ0v) is 15.6. The Labute approximate surface area is 158 Å². The molecule has 4 rings (SSSR count). The van der Waals surface area contributed by atoms with Crippen LogP contribution in [0.15, 0.2) is 41.0 Å². The third kappa shape index (κ3) is 2.70. The van der Waals surface area contributed by atoms with Gasteiger partial charge in [-0.05, 0) is 36.8 Å². The van der Waals surface area contributed by atoms with Gasteiger partial charge in [-0.25, -0.2) is 4.79 Å². The molecule has 1 fully saturated rings. The van der Waals surface area contributed by atoms with Gasteiger partial charge in [0, 0.05) is 10.7 Å². The molecule has 2 aliphatic rings. The topological polar surface area (TPSA) is 80.8 Å². The molecule has 3 heterocycles. The third-order valence-electron chi connectivity index (χ3n) is 4.49. The maximum absolute atomic E-state index is 13.0. The Kier molecular flexibility index (Phi) is 4.07. The summed E-state index contributed by atoms with van der Waals surface area (Å²) in [4.78, 5) is 30.9. The number of pyridine rings is 1. The number of imide groups is 1. The highest BCUT2D eigenvalue weighted by Gasteiger charge is 2.50.